The van der Waals surface area contributed by atoms with E-state index in [2.05, 4.69) is 6.92 Å². The van der Waals surface area contributed by atoms with Gasteiger partial charge in [-0.15, -0.1) is 0 Å². The molecule has 0 saturated heterocycles. The van der Waals surface area contributed by atoms with E-state index < -0.39 is 5.43 Å². The van der Waals surface area contributed by atoms with Crippen molar-refractivity contribution in [2.45, 2.75) is 96.8 Å². The zero-order chi connectivity index (χ0) is 19.7. The van der Waals surface area contributed by atoms with Gasteiger partial charge in [-0.05, 0) is 30.7 Å². The quantitative estimate of drug-likeness (QED) is 0.295. The van der Waals surface area contributed by atoms with E-state index in [-0.39, 0.29) is 17.5 Å². The molecule has 0 aliphatic heterocycles. The first-order valence-electron chi connectivity index (χ1n) is 10.7. The van der Waals surface area contributed by atoms with E-state index in [0.29, 0.717) is 6.42 Å². The van der Waals surface area contributed by atoms with Crippen LogP contribution in [0, 0.1) is 0 Å². The molecule has 0 bridgehead atoms. The number of ether oxygens (including phenoxy) is 1. The summed E-state index contributed by atoms with van der Waals surface area (Å²) in [7, 11) is 0. The van der Waals surface area contributed by atoms with Crippen LogP contribution in [0.5, 0.6) is 11.5 Å². The molecule has 1 aromatic carbocycles. The second-order valence-corrected chi connectivity index (χ2v) is 7.29. The second kappa shape index (κ2) is 15.2. The number of aromatic hydroxyl groups is 1. The van der Waals surface area contributed by atoms with Gasteiger partial charge in [0.25, 0.3) is 0 Å². The highest BCUT2D eigenvalue weighted by Crippen LogP contribution is 2.14. The average molecular weight is 377 g/mol. The maximum absolute atomic E-state index is 11.8. The lowest BCUT2D eigenvalue weighted by Crippen LogP contribution is -2.07. The normalized spacial score (nSPS) is 10.7. The summed E-state index contributed by atoms with van der Waals surface area (Å²) < 4.78 is 5.20. The largest absolute Gasteiger partial charge is 0.504 e. The minimum atomic E-state index is -0.492. The zero-order valence-corrected chi connectivity index (χ0v) is 16.9. The molecule has 1 rings (SSSR count). The monoisotopic (exact) mass is 376 g/mol. The average Bonchev–Trinajstić information content (AvgIpc) is 2.81. The Bertz CT molecular complexity index is 583. The lowest BCUT2D eigenvalue weighted by molar-refractivity contribution is -0.134. The van der Waals surface area contributed by atoms with E-state index >= 15 is 0 Å². The summed E-state index contributed by atoms with van der Waals surface area (Å²) >= 11 is 0. The minimum Gasteiger partial charge on any atom is -0.504 e. The molecule has 0 aliphatic rings. The molecule has 4 heteroatoms. The van der Waals surface area contributed by atoms with Crippen LogP contribution in [0.25, 0.3) is 0 Å². The first kappa shape index (κ1) is 23.2. The molecule has 27 heavy (non-hydrogen) atoms. The summed E-state index contributed by atoms with van der Waals surface area (Å²) in [6.45, 7) is 2.25. The van der Waals surface area contributed by atoms with Crippen molar-refractivity contribution in [2.75, 3.05) is 0 Å². The van der Waals surface area contributed by atoms with E-state index in [1.807, 2.05) is 0 Å². The molecule has 0 saturated carbocycles. The molecule has 0 aromatic heterocycles. The summed E-state index contributed by atoms with van der Waals surface area (Å²) in [4.78, 5) is 23.1. The molecule has 4 nitrogen and oxygen atoms in total. The van der Waals surface area contributed by atoms with Crippen LogP contribution in [0.4, 0.5) is 0 Å². The molecule has 0 aliphatic carbocycles. The summed E-state index contributed by atoms with van der Waals surface area (Å²) in [6.07, 6.45) is 16.9. The second-order valence-electron chi connectivity index (χ2n) is 7.29. The summed E-state index contributed by atoms with van der Waals surface area (Å²) in [6, 6.07) is 5.28. The Balaban J connectivity index is 1.97. The van der Waals surface area contributed by atoms with Crippen LogP contribution >= 0.6 is 0 Å². The third-order valence-electron chi connectivity index (χ3n) is 4.77. The van der Waals surface area contributed by atoms with Gasteiger partial charge in [-0.2, -0.15) is 0 Å². The van der Waals surface area contributed by atoms with Crippen LogP contribution < -0.4 is 10.2 Å². The number of esters is 1. The van der Waals surface area contributed by atoms with Gasteiger partial charge in [0.15, 0.2) is 5.75 Å². The van der Waals surface area contributed by atoms with Crippen LogP contribution in [-0.2, 0) is 4.79 Å². The Morgan fingerprint density at radius 3 is 1.81 bits per heavy atom. The Morgan fingerprint density at radius 2 is 1.26 bits per heavy atom. The molecule has 0 spiro atoms. The van der Waals surface area contributed by atoms with Crippen molar-refractivity contribution >= 4 is 5.97 Å². The molecule has 0 heterocycles. The fourth-order valence-electron chi connectivity index (χ4n) is 3.08. The predicted molar refractivity (Wildman–Crippen MR) is 110 cm³/mol. The van der Waals surface area contributed by atoms with E-state index in [0.717, 1.165) is 19.3 Å². The smallest absolute Gasteiger partial charge is 0.311 e. The van der Waals surface area contributed by atoms with Crippen LogP contribution in [0.2, 0.25) is 0 Å². The molecule has 0 fully saturated rings. The van der Waals surface area contributed by atoms with Crippen molar-refractivity contribution in [3.05, 3.63) is 34.5 Å². The number of hydrogen-bond acceptors (Lipinski definition) is 4. The Labute approximate surface area is 164 Å². The number of unbranched alkanes of at least 4 members (excludes halogenated alkanes) is 12. The van der Waals surface area contributed by atoms with Crippen LogP contribution in [0.1, 0.15) is 96.8 Å². The number of rotatable bonds is 15. The molecule has 1 aromatic rings. The zero-order valence-electron chi connectivity index (χ0n) is 16.9. The Hall–Kier alpha value is -1.84. The van der Waals surface area contributed by atoms with Crippen molar-refractivity contribution in [1.82, 2.24) is 0 Å². The maximum Gasteiger partial charge on any atom is 0.311 e. The molecular formula is C23H36O4. The summed E-state index contributed by atoms with van der Waals surface area (Å²) in [5.41, 5.74) is -0.492. The highest BCUT2D eigenvalue weighted by atomic mass is 16.5. The lowest BCUT2D eigenvalue weighted by Gasteiger charge is -2.04. The van der Waals surface area contributed by atoms with Gasteiger partial charge in [0.2, 0.25) is 5.43 Å². The van der Waals surface area contributed by atoms with E-state index in [1.54, 1.807) is 0 Å². The van der Waals surface area contributed by atoms with Gasteiger partial charge in [0.1, 0.15) is 5.75 Å². The van der Waals surface area contributed by atoms with Crippen LogP contribution in [-0.4, -0.2) is 11.1 Å². The first-order valence-corrected chi connectivity index (χ1v) is 10.7. The first-order chi connectivity index (χ1) is 13.1. The maximum atomic E-state index is 11.8. The van der Waals surface area contributed by atoms with Gasteiger partial charge in [0, 0.05) is 6.42 Å². The number of carbonyl (C=O) groups excluding carboxylic acids is 1. The molecule has 0 amide bonds. The third kappa shape index (κ3) is 12.2. The molecule has 1 N–H and O–H groups in total. The fraction of sp³-hybridized carbons (Fsp3) is 0.652. The fourth-order valence-corrected chi connectivity index (χ4v) is 3.08. The Kier molecular flexibility index (Phi) is 13.1. The molecular weight excluding hydrogens is 340 g/mol. The van der Waals surface area contributed by atoms with Gasteiger partial charge >= 0.3 is 5.97 Å². The van der Waals surface area contributed by atoms with Crippen molar-refractivity contribution in [1.29, 1.82) is 0 Å². The van der Waals surface area contributed by atoms with E-state index in [9.17, 15) is 14.7 Å². The van der Waals surface area contributed by atoms with Crippen molar-refractivity contribution in [3.8, 4) is 11.5 Å². The van der Waals surface area contributed by atoms with Crippen LogP contribution in [0.15, 0.2) is 29.1 Å². The number of carbonyl (C=O) groups is 1. The van der Waals surface area contributed by atoms with Gasteiger partial charge in [-0.1, -0.05) is 84.0 Å². The van der Waals surface area contributed by atoms with Crippen LogP contribution in [0.3, 0.4) is 0 Å². The van der Waals surface area contributed by atoms with E-state index in [4.69, 9.17) is 4.74 Å². The minimum absolute atomic E-state index is 0.284. The highest BCUT2D eigenvalue weighted by Gasteiger charge is 2.05. The molecule has 0 radical (unpaired) electrons. The predicted octanol–water partition coefficient (Wildman–Crippen LogP) is 6.14. The SMILES string of the molecule is CCCCCCCCCCCCCCCC(=O)Oc1ccc(O)c(=O)cc1. The van der Waals surface area contributed by atoms with Gasteiger partial charge in [0.05, 0.1) is 0 Å². The lowest BCUT2D eigenvalue weighted by atomic mass is 10.0. The molecule has 152 valence electrons. The Morgan fingerprint density at radius 1 is 0.778 bits per heavy atom. The van der Waals surface area contributed by atoms with Gasteiger partial charge in [-0.3, -0.25) is 9.59 Å². The molecule has 0 atom stereocenters. The standard InChI is InChI=1S/C23H36O4/c1-2-3-4-5-6-7-8-9-10-11-12-13-14-15-23(26)27-20-16-18-21(24)22(25)19-17-20/h16-19H,2-15H2,1H3,(H,24,25). The van der Waals surface area contributed by atoms with Gasteiger partial charge < -0.3 is 9.84 Å². The van der Waals surface area contributed by atoms with Crippen molar-refractivity contribution in [2.24, 2.45) is 0 Å². The summed E-state index contributed by atoms with van der Waals surface area (Å²) in [5.74, 6) is -0.364. The number of hydrogen-bond donors (Lipinski definition) is 1. The highest BCUT2D eigenvalue weighted by molar-refractivity contribution is 5.72. The van der Waals surface area contributed by atoms with Crippen molar-refractivity contribution < 1.29 is 14.6 Å². The van der Waals surface area contributed by atoms with E-state index in [1.165, 1.54) is 88.5 Å². The topological polar surface area (TPSA) is 63.6 Å². The van der Waals surface area contributed by atoms with Gasteiger partial charge in [-0.25, -0.2) is 0 Å². The van der Waals surface area contributed by atoms with Crippen molar-refractivity contribution in [3.63, 3.8) is 0 Å². The summed E-state index contributed by atoms with van der Waals surface area (Å²) in [5, 5.41) is 9.32. The molecule has 0 unspecified atom stereocenters. The third-order valence-corrected chi connectivity index (χ3v) is 4.77.